The summed E-state index contributed by atoms with van der Waals surface area (Å²) in [6, 6.07) is 29.7. The third-order valence-corrected chi connectivity index (χ3v) is 8.41. The Bertz CT molecular complexity index is 1570. The molecule has 3 N–H and O–H groups in total. The average molecular weight is 641 g/mol. The Balaban J connectivity index is 0.000000506. The van der Waals surface area contributed by atoms with Crippen molar-refractivity contribution in [2.75, 3.05) is 40.5 Å². The van der Waals surface area contributed by atoms with Crippen molar-refractivity contribution in [3.8, 4) is 16.9 Å². The summed E-state index contributed by atoms with van der Waals surface area (Å²) in [6.45, 7) is 6.76. The molecule has 0 bridgehead atoms. The normalized spacial score (nSPS) is 14.0. The zero-order valence-corrected chi connectivity index (χ0v) is 27.5. The van der Waals surface area contributed by atoms with Gasteiger partial charge in [-0.3, -0.25) is 9.18 Å². The summed E-state index contributed by atoms with van der Waals surface area (Å²) in [5.41, 5.74) is 8.79. The second-order valence-electron chi connectivity index (χ2n) is 11.6. The van der Waals surface area contributed by atoms with Crippen molar-refractivity contribution in [2.45, 2.75) is 45.1 Å². The number of amides is 2. The van der Waals surface area contributed by atoms with Crippen LogP contribution >= 0.6 is 0 Å². The SMILES string of the molecule is C1CCNCC1.CNC(=O)COc1ccc(C(NC(=O)OCC2c3ccccc3-c3ccccc32)c2ccc(C)cc2C)cc1.[2H]CF. The number of rotatable bonds is 8. The fraction of sp³-hybridized carbons (Fsp3) is 0.333. The number of piperidine rings is 1. The second-order valence-corrected chi connectivity index (χ2v) is 11.6. The molecule has 2 aliphatic rings. The quantitative estimate of drug-likeness (QED) is 0.187. The highest BCUT2D eigenvalue weighted by molar-refractivity contribution is 5.79. The predicted molar refractivity (Wildman–Crippen MR) is 186 cm³/mol. The first kappa shape index (κ1) is 33.7. The van der Waals surface area contributed by atoms with Crippen LogP contribution in [-0.2, 0) is 9.53 Å². The van der Waals surface area contributed by atoms with Gasteiger partial charge in [-0.05, 0) is 90.9 Å². The number of alkyl halides is 1. The van der Waals surface area contributed by atoms with Crippen LogP contribution in [-0.4, -0.2) is 52.5 Å². The number of carbonyl (C=O) groups is 2. The minimum Gasteiger partial charge on any atom is -0.484 e. The van der Waals surface area contributed by atoms with Crippen LogP contribution < -0.4 is 20.7 Å². The molecule has 2 amide bonds. The van der Waals surface area contributed by atoms with E-state index in [0.29, 0.717) is 5.75 Å². The Kier molecular flexibility index (Phi) is 12.8. The maximum atomic E-state index is 13.2. The monoisotopic (exact) mass is 640 g/mol. The Labute approximate surface area is 279 Å². The summed E-state index contributed by atoms with van der Waals surface area (Å²) in [7, 11) is 0.568. The van der Waals surface area contributed by atoms with E-state index < -0.39 is 19.3 Å². The van der Waals surface area contributed by atoms with E-state index in [1.54, 1.807) is 19.2 Å². The van der Waals surface area contributed by atoms with Crippen molar-refractivity contribution < 1.29 is 24.8 Å². The molecule has 0 spiro atoms. The van der Waals surface area contributed by atoms with E-state index >= 15 is 0 Å². The average Bonchev–Trinajstić information content (AvgIpc) is 3.44. The topological polar surface area (TPSA) is 88.7 Å². The van der Waals surface area contributed by atoms with Crippen molar-refractivity contribution in [1.82, 2.24) is 16.0 Å². The minimum absolute atomic E-state index is 0.0144. The molecule has 1 heterocycles. The van der Waals surface area contributed by atoms with Gasteiger partial charge in [0.1, 0.15) is 12.4 Å². The standard InChI is InChI=1S/C33H32N2O4.C5H11N.CH3F/c1-21-12-17-25(22(2)18-21)32(23-13-15-24(16-14-23)38-20-31(36)34-3)35-33(37)39-19-30-28-10-6-4-8-26(28)27-9-5-7-11-29(27)30;1-2-4-6-5-3-1;1-2/h4-18,30,32H,19-20H2,1-3H3,(H,34,36)(H,35,37);6H,1-5H2;1H3/i;;1D. The lowest BCUT2D eigenvalue weighted by molar-refractivity contribution is -0.122. The summed E-state index contributed by atoms with van der Waals surface area (Å²) in [6.07, 6.45) is 3.73. The third kappa shape index (κ3) is 9.42. The van der Waals surface area contributed by atoms with Crippen molar-refractivity contribution in [3.63, 3.8) is 0 Å². The summed E-state index contributed by atoms with van der Waals surface area (Å²) < 4.78 is 26.9. The molecule has 1 atom stereocenters. The number of nitrogens with one attached hydrogen (secondary N) is 3. The van der Waals surface area contributed by atoms with Crippen LogP contribution in [0.3, 0.4) is 0 Å². The van der Waals surface area contributed by atoms with Crippen molar-refractivity contribution in [2.24, 2.45) is 0 Å². The molecule has 0 saturated carbocycles. The Hall–Kier alpha value is -4.69. The molecule has 1 fully saturated rings. The van der Waals surface area contributed by atoms with Gasteiger partial charge < -0.3 is 25.4 Å². The molecule has 248 valence electrons. The molecule has 1 unspecified atom stereocenters. The molecule has 0 radical (unpaired) electrons. The molecular formula is C39H46FN3O4. The molecular weight excluding hydrogens is 593 g/mol. The molecule has 0 aromatic heterocycles. The zero-order chi connectivity index (χ0) is 34.3. The Morgan fingerprint density at radius 2 is 1.53 bits per heavy atom. The lowest BCUT2D eigenvalue weighted by Gasteiger charge is -2.23. The first-order valence-corrected chi connectivity index (χ1v) is 16.0. The molecule has 8 heteroatoms. The number of ether oxygens (including phenoxy) is 2. The molecule has 1 saturated heterocycles. The van der Waals surface area contributed by atoms with Crippen molar-refractivity contribution in [3.05, 3.63) is 124 Å². The lowest BCUT2D eigenvalue weighted by atomic mass is 9.94. The number of benzene rings is 4. The van der Waals surface area contributed by atoms with Gasteiger partial charge in [0, 0.05) is 13.0 Å². The number of aryl methyl sites for hydroxylation is 2. The summed E-state index contributed by atoms with van der Waals surface area (Å²) in [4.78, 5) is 24.8. The van der Waals surface area contributed by atoms with E-state index in [9.17, 15) is 14.0 Å². The largest absolute Gasteiger partial charge is 0.484 e. The Morgan fingerprint density at radius 3 is 2.06 bits per heavy atom. The van der Waals surface area contributed by atoms with E-state index in [-0.39, 0.29) is 25.0 Å². The molecule has 6 rings (SSSR count). The summed E-state index contributed by atoms with van der Waals surface area (Å²) in [5.74, 6) is 0.353. The third-order valence-electron chi connectivity index (χ3n) is 8.41. The van der Waals surface area contributed by atoms with Gasteiger partial charge >= 0.3 is 6.09 Å². The first-order chi connectivity index (χ1) is 23.4. The van der Waals surface area contributed by atoms with Gasteiger partial charge in [0.05, 0.1) is 14.6 Å². The molecule has 47 heavy (non-hydrogen) atoms. The number of alkyl carbamates (subject to hydrolysis) is 1. The minimum atomic E-state index is -1.00. The van der Waals surface area contributed by atoms with Crippen LogP contribution in [0.5, 0.6) is 5.75 Å². The number of likely N-dealkylation sites (N-methyl/N-ethyl adjacent to an activating group) is 1. The van der Waals surface area contributed by atoms with Gasteiger partial charge in [0.15, 0.2) is 6.61 Å². The highest BCUT2D eigenvalue weighted by Gasteiger charge is 2.29. The van der Waals surface area contributed by atoms with Gasteiger partial charge in [-0.15, -0.1) is 0 Å². The molecule has 4 aromatic carbocycles. The van der Waals surface area contributed by atoms with E-state index in [4.69, 9.17) is 10.8 Å². The first-order valence-electron chi connectivity index (χ1n) is 16.7. The smallest absolute Gasteiger partial charge is 0.407 e. The van der Waals surface area contributed by atoms with Gasteiger partial charge in [-0.25, -0.2) is 4.79 Å². The number of hydrogen-bond acceptors (Lipinski definition) is 5. The Morgan fingerprint density at radius 1 is 0.915 bits per heavy atom. The summed E-state index contributed by atoms with van der Waals surface area (Å²) >= 11 is 0. The van der Waals surface area contributed by atoms with Crippen LogP contribution in [0.1, 0.15) is 66.0 Å². The van der Waals surface area contributed by atoms with Crippen LogP contribution in [0.4, 0.5) is 9.18 Å². The lowest BCUT2D eigenvalue weighted by Crippen LogP contribution is -2.31. The van der Waals surface area contributed by atoms with Crippen LogP contribution in [0, 0.1) is 13.8 Å². The van der Waals surface area contributed by atoms with E-state index in [1.165, 1.54) is 54.6 Å². The maximum absolute atomic E-state index is 13.2. The zero-order valence-electron chi connectivity index (χ0n) is 28.5. The van der Waals surface area contributed by atoms with Crippen LogP contribution in [0.2, 0.25) is 0 Å². The summed E-state index contributed by atoms with van der Waals surface area (Å²) in [5, 5.41) is 8.92. The number of hydrogen-bond donors (Lipinski definition) is 3. The molecule has 1 aliphatic carbocycles. The highest BCUT2D eigenvalue weighted by atomic mass is 19.1. The number of fused-ring (bicyclic) bond motifs is 3. The molecule has 4 aromatic rings. The highest BCUT2D eigenvalue weighted by Crippen LogP contribution is 2.44. The fourth-order valence-electron chi connectivity index (χ4n) is 6.03. The van der Waals surface area contributed by atoms with E-state index in [2.05, 4.69) is 46.3 Å². The number of halogens is 1. The van der Waals surface area contributed by atoms with Gasteiger partial charge in [0.2, 0.25) is 0 Å². The molecule has 7 nitrogen and oxygen atoms in total. The predicted octanol–water partition coefficient (Wildman–Crippen LogP) is 7.40. The fourth-order valence-corrected chi connectivity index (χ4v) is 6.03. The molecule has 1 aliphatic heterocycles. The van der Waals surface area contributed by atoms with Gasteiger partial charge in [0.25, 0.3) is 5.91 Å². The van der Waals surface area contributed by atoms with Crippen molar-refractivity contribution in [1.29, 1.82) is 0 Å². The maximum Gasteiger partial charge on any atom is 0.407 e. The van der Waals surface area contributed by atoms with E-state index in [1.807, 2.05) is 62.4 Å². The van der Waals surface area contributed by atoms with Crippen LogP contribution in [0.15, 0.2) is 91.0 Å². The van der Waals surface area contributed by atoms with Gasteiger partial charge in [-0.1, -0.05) is 90.8 Å². The van der Waals surface area contributed by atoms with Crippen LogP contribution in [0.25, 0.3) is 11.1 Å². The van der Waals surface area contributed by atoms with Crippen molar-refractivity contribution >= 4 is 12.0 Å². The second kappa shape index (κ2) is 17.9. The number of carbonyl (C=O) groups excluding carboxylic acids is 2. The van der Waals surface area contributed by atoms with E-state index in [0.717, 1.165) is 22.3 Å². The van der Waals surface area contributed by atoms with Gasteiger partial charge in [-0.2, -0.15) is 0 Å².